The third-order valence-electron chi connectivity index (χ3n) is 8.52. The number of nitrogens with zero attached hydrogens (tertiary/aromatic N) is 7. The first-order chi connectivity index (χ1) is 19.2. The Hall–Kier alpha value is -4.56. The van der Waals surface area contributed by atoms with Crippen LogP contribution in [0.1, 0.15) is 12.8 Å². The van der Waals surface area contributed by atoms with Crippen LogP contribution in [0.5, 0.6) is 0 Å². The lowest BCUT2D eigenvalue weighted by Crippen LogP contribution is -2.61. The minimum Gasteiger partial charge on any atom is -0.366 e. The van der Waals surface area contributed by atoms with Crippen LogP contribution in [-0.4, -0.2) is 66.9 Å². The quantitative estimate of drug-likeness (QED) is 0.346. The van der Waals surface area contributed by atoms with Crippen LogP contribution in [0.25, 0.3) is 50.2 Å². The predicted molar refractivity (Wildman–Crippen MR) is 154 cm³/mol. The Morgan fingerprint density at radius 1 is 0.846 bits per heavy atom. The van der Waals surface area contributed by atoms with Gasteiger partial charge in [0.25, 0.3) is 0 Å². The van der Waals surface area contributed by atoms with Gasteiger partial charge in [-0.3, -0.25) is 15.0 Å². The van der Waals surface area contributed by atoms with Gasteiger partial charge in [0.15, 0.2) is 5.65 Å². The zero-order valence-electron chi connectivity index (χ0n) is 21.7. The summed E-state index contributed by atoms with van der Waals surface area (Å²) in [5, 5.41) is 13.6. The lowest BCUT2D eigenvalue weighted by molar-refractivity contribution is 0.125. The van der Waals surface area contributed by atoms with Gasteiger partial charge in [0.1, 0.15) is 5.69 Å². The highest BCUT2D eigenvalue weighted by Gasteiger charge is 2.37. The second-order valence-electron chi connectivity index (χ2n) is 10.7. The highest BCUT2D eigenvalue weighted by atomic mass is 15.3. The van der Waals surface area contributed by atoms with E-state index in [-0.39, 0.29) is 0 Å². The van der Waals surface area contributed by atoms with E-state index in [2.05, 4.69) is 62.4 Å². The van der Waals surface area contributed by atoms with Crippen molar-refractivity contribution in [1.29, 1.82) is 0 Å². The molecule has 7 heterocycles. The smallest absolute Gasteiger partial charge is 0.164 e. The SMILES string of the molecule is CN1CC2CCC1CN2c1ccc(-c2ccnc3c(-c4cccc5[nH]ncc45)c(-c4ccncc4)nn23)cc1. The van der Waals surface area contributed by atoms with E-state index in [4.69, 9.17) is 10.1 Å². The third kappa shape index (κ3) is 3.55. The molecule has 39 heavy (non-hydrogen) atoms. The maximum absolute atomic E-state index is 5.16. The maximum atomic E-state index is 5.16. The molecule has 0 amide bonds. The number of H-pyrrole nitrogens is 1. The molecule has 0 radical (unpaired) electrons. The Morgan fingerprint density at radius 2 is 1.69 bits per heavy atom. The number of likely N-dealkylation sites (N-methyl/N-ethyl adjacent to an activating group) is 1. The van der Waals surface area contributed by atoms with E-state index >= 15 is 0 Å². The van der Waals surface area contributed by atoms with E-state index in [9.17, 15) is 0 Å². The van der Waals surface area contributed by atoms with Gasteiger partial charge in [-0.25, -0.2) is 9.50 Å². The van der Waals surface area contributed by atoms with Gasteiger partial charge < -0.3 is 4.90 Å². The lowest BCUT2D eigenvalue weighted by atomic mass is 9.91. The van der Waals surface area contributed by atoms with Crippen molar-refractivity contribution < 1.29 is 0 Å². The Morgan fingerprint density at radius 3 is 2.49 bits per heavy atom. The van der Waals surface area contributed by atoms with Crippen LogP contribution in [0.15, 0.2) is 85.5 Å². The van der Waals surface area contributed by atoms with E-state index < -0.39 is 0 Å². The van der Waals surface area contributed by atoms with Crippen molar-refractivity contribution in [1.82, 2.24) is 34.7 Å². The maximum Gasteiger partial charge on any atom is 0.164 e. The zero-order chi connectivity index (χ0) is 25.9. The van der Waals surface area contributed by atoms with Crippen molar-refractivity contribution in [3.05, 3.63) is 85.5 Å². The van der Waals surface area contributed by atoms with Crippen LogP contribution in [0.3, 0.4) is 0 Å². The molecule has 3 aliphatic rings. The summed E-state index contributed by atoms with van der Waals surface area (Å²) in [5.41, 5.74) is 9.12. The third-order valence-corrected chi connectivity index (χ3v) is 8.52. The number of aromatic amines is 1. The summed E-state index contributed by atoms with van der Waals surface area (Å²) in [6, 6.07) is 22.5. The molecule has 6 aromatic rings. The number of rotatable bonds is 4. The van der Waals surface area contributed by atoms with E-state index in [1.807, 2.05) is 47.2 Å². The van der Waals surface area contributed by atoms with Crippen molar-refractivity contribution in [2.24, 2.45) is 0 Å². The molecule has 0 spiro atoms. The van der Waals surface area contributed by atoms with E-state index in [0.29, 0.717) is 12.1 Å². The highest BCUT2D eigenvalue weighted by Crippen LogP contribution is 2.39. The number of hydrogen-bond acceptors (Lipinski definition) is 6. The molecule has 2 unspecified atom stereocenters. The number of anilines is 1. The largest absolute Gasteiger partial charge is 0.366 e. The van der Waals surface area contributed by atoms with E-state index in [1.54, 1.807) is 12.4 Å². The molecule has 0 aliphatic carbocycles. The molecule has 9 rings (SSSR count). The van der Waals surface area contributed by atoms with Gasteiger partial charge in [-0.1, -0.05) is 24.3 Å². The molecule has 4 aromatic heterocycles. The molecule has 8 nitrogen and oxygen atoms in total. The van der Waals surface area contributed by atoms with Crippen LogP contribution in [0, 0.1) is 0 Å². The Labute approximate surface area is 225 Å². The van der Waals surface area contributed by atoms with Crippen molar-refractivity contribution >= 4 is 22.2 Å². The van der Waals surface area contributed by atoms with Crippen LogP contribution < -0.4 is 4.90 Å². The fraction of sp³-hybridized carbons (Fsp3) is 0.226. The lowest BCUT2D eigenvalue weighted by Gasteiger charge is -2.51. The molecule has 2 bridgehead atoms. The fourth-order valence-corrected chi connectivity index (χ4v) is 6.49. The molecule has 2 aromatic carbocycles. The molecule has 3 aliphatic heterocycles. The summed E-state index contributed by atoms with van der Waals surface area (Å²) in [4.78, 5) is 14.2. The minimum atomic E-state index is 0.598. The van der Waals surface area contributed by atoms with E-state index in [1.165, 1.54) is 18.5 Å². The van der Waals surface area contributed by atoms with Gasteiger partial charge in [-0.05, 0) is 61.9 Å². The molecular formula is C31H28N8. The fourth-order valence-electron chi connectivity index (χ4n) is 6.49. The standard InChI is InChI=1S/C31H28N8/c1-37-18-24-10-9-23(37)19-38(24)22-7-5-20(6-8-22)28-13-16-33-31-29(25-3-2-4-27-26(25)17-34-35-27)30(36-39(28)31)21-11-14-32-15-12-21/h2-8,11-17,23-24H,9-10,18-19H2,1H3,(H,34,35). The second-order valence-corrected chi connectivity index (χ2v) is 10.7. The molecular weight excluding hydrogens is 484 g/mol. The topological polar surface area (TPSA) is 78.2 Å². The first-order valence-corrected chi connectivity index (χ1v) is 13.5. The zero-order valence-corrected chi connectivity index (χ0v) is 21.7. The van der Waals surface area contributed by atoms with Crippen LogP contribution in [0.4, 0.5) is 5.69 Å². The first kappa shape index (κ1) is 22.4. The van der Waals surface area contributed by atoms with Crippen molar-refractivity contribution in [3.63, 3.8) is 0 Å². The predicted octanol–water partition coefficient (Wildman–Crippen LogP) is 5.28. The molecule has 1 N–H and O–H groups in total. The number of aromatic nitrogens is 6. The summed E-state index contributed by atoms with van der Waals surface area (Å²) >= 11 is 0. The molecule has 2 atom stereocenters. The normalized spacial score (nSPS) is 19.4. The molecule has 192 valence electrons. The summed E-state index contributed by atoms with van der Waals surface area (Å²) in [7, 11) is 2.26. The van der Waals surface area contributed by atoms with Gasteiger partial charge >= 0.3 is 0 Å². The average molecular weight is 513 g/mol. The van der Waals surface area contributed by atoms with Crippen molar-refractivity contribution in [2.75, 3.05) is 25.0 Å². The number of hydrogen-bond donors (Lipinski definition) is 1. The Kier molecular flexibility index (Phi) is 5.03. The molecule has 8 heteroatoms. The highest BCUT2D eigenvalue weighted by molar-refractivity contribution is 6.02. The average Bonchev–Trinajstić information content (AvgIpc) is 3.63. The number of piperidine rings is 2. The van der Waals surface area contributed by atoms with Gasteiger partial charge in [0, 0.05) is 66.0 Å². The Bertz CT molecular complexity index is 1800. The Balaban J connectivity index is 1.27. The van der Waals surface area contributed by atoms with Crippen molar-refractivity contribution in [3.8, 4) is 33.6 Å². The van der Waals surface area contributed by atoms with Crippen LogP contribution in [-0.2, 0) is 0 Å². The number of piperazine rings is 1. The first-order valence-electron chi connectivity index (χ1n) is 13.5. The summed E-state index contributed by atoms with van der Waals surface area (Å²) in [5.74, 6) is 0. The summed E-state index contributed by atoms with van der Waals surface area (Å²) in [6.07, 6.45) is 9.95. The van der Waals surface area contributed by atoms with Gasteiger partial charge in [-0.2, -0.15) is 10.2 Å². The molecule has 3 fully saturated rings. The monoisotopic (exact) mass is 512 g/mol. The van der Waals surface area contributed by atoms with Crippen molar-refractivity contribution in [2.45, 2.75) is 24.9 Å². The number of nitrogens with one attached hydrogen (secondary N) is 1. The summed E-state index contributed by atoms with van der Waals surface area (Å²) in [6.45, 7) is 2.26. The number of benzene rings is 2. The van der Waals surface area contributed by atoms with Gasteiger partial charge in [-0.15, -0.1) is 0 Å². The molecule has 3 saturated heterocycles. The number of fused-ring (bicyclic) bond motifs is 5. The van der Waals surface area contributed by atoms with Crippen LogP contribution >= 0.6 is 0 Å². The minimum absolute atomic E-state index is 0.598. The van der Waals surface area contributed by atoms with Gasteiger partial charge in [0.05, 0.1) is 23.0 Å². The van der Waals surface area contributed by atoms with E-state index in [0.717, 1.165) is 63.3 Å². The van der Waals surface area contributed by atoms with Crippen LogP contribution in [0.2, 0.25) is 0 Å². The van der Waals surface area contributed by atoms with Gasteiger partial charge in [0.2, 0.25) is 0 Å². The number of pyridine rings is 1. The summed E-state index contributed by atoms with van der Waals surface area (Å²) < 4.78 is 1.98. The second kappa shape index (κ2) is 8.74. The molecule has 0 saturated carbocycles.